The second-order valence-corrected chi connectivity index (χ2v) is 5.38. The van der Waals surface area contributed by atoms with Crippen molar-refractivity contribution in [2.45, 2.75) is 25.8 Å². The van der Waals surface area contributed by atoms with Gasteiger partial charge in [0.1, 0.15) is 6.04 Å². The van der Waals surface area contributed by atoms with Crippen LogP contribution in [-0.4, -0.2) is 23.0 Å². The number of carboxylic acid groups (broad SMARTS) is 1. The van der Waals surface area contributed by atoms with Gasteiger partial charge in [-0.25, -0.2) is 4.79 Å². The molecule has 18 heavy (non-hydrogen) atoms. The molecule has 1 amide bonds. The standard InChI is InChI=1S/C12H13ClINO3/c1-2-3-10(12(17)18)15-11(16)8-6-7(13)4-5-9(8)14/h4-6,10H,2-3H2,1H3,(H,15,16)(H,17,18)/t10-/m0/s1. The number of carbonyl (C=O) groups excluding carboxylic acids is 1. The van der Waals surface area contributed by atoms with Crippen molar-refractivity contribution in [1.82, 2.24) is 5.32 Å². The van der Waals surface area contributed by atoms with Crippen LogP contribution in [0.25, 0.3) is 0 Å². The summed E-state index contributed by atoms with van der Waals surface area (Å²) in [4.78, 5) is 22.9. The molecule has 2 N–H and O–H groups in total. The fourth-order valence-corrected chi connectivity index (χ4v) is 2.21. The Morgan fingerprint density at radius 3 is 2.72 bits per heavy atom. The number of rotatable bonds is 5. The van der Waals surface area contributed by atoms with E-state index < -0.39 is 17.9 Å². The van der Waals surface area contributed by atoms with Crippen molar-refractivity contribution in [3.63, 3.8) is 0 Å². The van der Waals surface area contributed by atoms with E-state index >= 15 is 0 Å². The molecule has 1 rings (SSSR count). The average molecular weight is 382 g/mol. The molecule has 0 aliphatic carbocycles. The summed E-state index contributed by atoms with van der Waals surface area (Å²) in [6.07, 6.45) is 1.09. The van der Waals surface area contributed by atoms with Crippen molar-refractivity contribution in [1.29, 1.82) is 0 Å². The summed E-state index contributed by atoms with van der Waals surface area (Å²) >= 11 is 7.83. The van der Waals surface area contributed by atoms with E-state index in [0.29, 0.717) is 23.4 Å². The normalized spacial score (nSPS) is 11.9. The smallest absolute Gasteiger partial charge is 0.326 e. The minimum atomic E-state index is -1.03. The van der Waals surface area contributed by atoms with Crippen molar-refractivity contribution in [2.75, 3.05) is 0 Å². The molecule has 0 radical (unpaired) electrons. The highest BCUT2D eigenvalue weighted by atomic mass is 127. The van der Waals surface area contributed by atoms with E-state index in [1.54, 1.807) is 12.1 Å². The first kappa shape index (κ1) is 15.2. The molecule has 0 saturated carbocycles. The van der Waals surface area contributed by atoms with Crippen LogP contribution in [0.2, 0.25) is 5.02 Å². The van der Waals surface area contributed by atoms with Gasteiger partial charge >= 0.3 is 5.97 Å². The number of hydrogen-bond acceptors (Lipinski definition) is 2. The molecule has 0 aromatic heterocycles. The maximum atomic E-state index is 12.0. The Bertz CT molecular complexity index is 465. The van der Waals surface area contributed by atoms with Crippen LogP contribution in [0.3, 0.4) is 0 Å². The molecule has 0 heterocycles. The maximum absolute atomic E-state index is 12.0. The van der Waals surface area contributed by atoms with Crippen molar-refractivity contribution >= 4 is 46.1 Å². The lowest BCUT2D eigenvalue weighted by Crippen LogP contribution is -2.40. The summed E-state index contributed by atoms with van der Waals surface area (Å²) in [5.41, 5.74) is 0.394. The van der Waals surface area contributed by atoms with Crippen molar-refractivity contribution in [3.05, 3.63) is 32.4 Å². The van der Waals surface area contributed by atoms with Gasteiger partial charge in [0.25, 0.3) is 5.91 Å². The predicted molar refractivity (Wildman–Crippen MR) is 78.0 cm³/mol. The second kappa shape index (κ2) is 6.94. The van der Waals surface area contributed by atoms with Crippen molar-refractivity contribution in [2.24, 2.45) is 0 Å². The third kappa shape index (κ3) is 4.13. The van der Waals surface area contributed by atoms with E-state index in [-0.39, 0.29) is 0 Å². The highest BCUT2D eigenvalue weighted by molar-refractivity contribution is 14.1. The average Bonchev–Trinajstić information content (AvgIpc) is 2.31. The number of halogens is 2. The molecule has 0 aliphatic heterocycles. The van der Waals surface area contributed by atoms with E-state index in [2.05, 4.69) is 5.32 Å². The van der Waals surface area contributed by atoms with Gasteiger partial charge in [0, 0.05) is 8.59 Å². The Morgan fingerprint density at radius 2 is 2.17 bits per heavy atom. The Hall–Kier alpha value is -0.820. The van der Waals surface area contributed by atoms with Gasteiger partial charge in [-0.05, 0) is 47.2 Å². The zero-order valence-corrected chi connectivity index (χ0v) is 12.7. The Labute approximate surface area is 124 Å². The molecule has 0 fully saturated rings. The summed E-state index contributed by atoms with van der Waals surface area (Å²) in [6, 6.07) is 4.06. The van der Waals surface area contributed by atoms with Crippen LogP contribution in [-0.2, 0) is 4.79 Å². The third-order valence-electron chi connectivity index (χ3n) is 2.35. The summed E-state index contributed by atoms with van der Waals surface area (Å²) in [7, 11) is 0. The first-order chi connectivity index (χ1) is 8.45. The summed E-state index contributed by atoms with van der Waals surface area (Å²) in [5.74, 6) is -1.44. The lowest BCUT2D eigenvalue weighted by atomic mass is 10.1. The van der Waals surface area contributed by atoms with E-state index in [0.717, 1.165) is 3.57 Å². The fraction of sp³-hybridized carbons (Fsp3) is 0.333. The molecule has 1 atom stereocenters. The number of nitrogens with one attached hydrogen (secondary N) is 1. The number of aliphatic carboxylic acids is 1. The molecule has 4 nitrogen and oxygen atoms in total. The molecule has 1 aromatic rings. The Morgan fingerprint density at radius 1 is 1.50 bits per heavy atom. The highest BCUT2D eigenvalue weighted by Gasteiger charge is 2.20. The SMILES string of the molecule is CCC[C@H](NC(=O)c1cc(Cl)ccc1I)C(=O)O. The van der Waals surface area contributed by atoms with E-state index in [1.807, 2.05) is 29.5 Å². The van der Waals surface area contributed by atoms with Gasteiger partial charge in [-0.3, -0.25) is 4.79 Å². The zero-order valence-electron chi connectivity index (χ0n) is 9.74. The van der Waals surface area contributed by atoms with Crippen LogP contribution in [0.1, 0.15) is 30.1 Å². The molecular formula is C12H13ClINO3. The number of hydrogen-bond donors (Lipinski definition) is 2. The number of carbonyl (C=O) groups is 2. The van der Waals surface area contributed by atoms with E-state index in [4.69, 9.17) is 16.7 Å². The van der Waals surface area contributed by atoms with Crippen LogP contribution < -0.4 is 5.32 Å². The molecule has 98 valence electrons. The van der Waals surface area contributed by atoms with Gasteiger partial charge in [-0.2, -0.15) is 0 Å². The maximum Gasteiger partial charge on any atom is 0.326 e. The molecule has 1 aromatic carbocycles. The second-order valence-electron chi connectivity index (χ2n) is 3.78. The Balaban J connectivity index is 2.86. The summed E-state index contributed by atoms with van der Waals surface area (Å²) < 4.78 is 0.732. The molecule has 0 aliphatic rings. The van der Waals surface area contributed by atoms with Gasteiger partial charge in [0.2, 0.25) is 0 Å². The van der Waals surface area contributed by atoms with Crippen molar-refractivity contribution in [3.8, 4) is 0 Å². The minimum absolute atomic E-state index is 0.394. The number of benzene rings is 1. The molecule has 0 unspecified atom stereocenters. The molecular weight excluding hydrogens is 368 g/mol. The van der Waals surface area contributed by atoms with Crippen LogP contribution in [0.4, 0.5) is 0 Å². The van der Waals surface area contributed by atoms with Crippen LogP contribution in [0.15, 0.2) is 18.2 Å². The molecule has 0 spiro atoms. The quantitative estimate of drug-likeness (QED) is 0.771. The first-order valence-electron chi connectivity index (χ1n) is 5.44. The fourth-order valence-electron chi connectivity index (χ4n) is 1.45. The first-order valence-corrected chi connectivity index (χ1v) is 6.90. The monoisotopic (exact) mass is 381 g/mol. The topological polar surface area (TPSA) is 66.4 Å². The third-order valence-corrected chi connectivity index (χ3v) is 3.53. The van der Waals surface area contributed by atoms with Gasteiger partial charge in [-0.1, -0.05) is 24.9 Å². The van der Waals surface area contributed by atoms with E-state index in [1.165, 1.54) is 6.07 Å². The highest BCUT2D eigenvalue weighted by Crippen LogP contribution is 2.18. The van der Waals surface area contributed by atoms with Crippen LogP contribution in [0.5, 0.6) is 0 Å². The summed E-state index contributed by atoms with van der Waals surface area (Å²) in [5, 5.41) is 11.9. The number of carboxylic acids is 1. The summed E-state index contributed by atoms with van der Waals surface area (Å²) in [6.45, 7) is 1.87. The van der Waals surface area contributed by atoms with Gasteiger partial charge in [0.15, 0.2) is 0 Å². The molecule has 6 heteroatoms. The minimum Gasteiger partial charge on any atom is -0.480 e. The zero-order chi connectivity index (χ0) is 13.7. The van der Waals surface area contributed by atoms with Crippen LogP contribution >= 0.6 is 34.2 Å². The van der Waals surface area contributed by atoms with E-state index in [9.17, 15) is 9.59 Å². The van der Waals surface area contributed by atoms with Gasteiger partial charge < -0.3 is 10.4 Å². The van der Waals surface area contributed by atoms with Gasteiger partial charge in [0.05, 0.1) is 5.56 Å². The molecule has 0 saturated heterocycles. The van der Waals surface area contributed by atoms with Crippen molar-refractivity contribution < 1.29 is 14.7 Å². The van der Waals surface area contributed by atoms with Crippen LogP contribution in [0, 0.1) is 3.57 Å². The largest absolute Gasteiger partial charge is 0.480 e. The lowest BCUT2D eigenvalue weighted by Gasteiger charge is -2.14. The predicted octanol–water partition coefficient (Wildman–Crippen LogP) is 2.93. The number of amides is 1. The van der Waals surface area contributed by atoms with Gasteiger partial charge in [-0.15, -0.1) is 0 Å². The lowest BCUT2D eigenvalue weighted by molar-refractivity contribution is -0.139. The Kier molecular flexibility index (Phi) is 5.87. The molecule has 0 bridgehead atoms.